The molecule has 0 aliphatic carbocycles. The summed E-state index contributed by atoms with van der Waals surface area (Å²) in [5.74, 6) is 0. The Hall–Kier alpha value is -0.820. The molecule has 0 fully saturated rings. The molecule has 64 valence electrons. The summed E-state index contributed by atoms with van der Waals surface area (Å²) in [6, 6.07) is 3.05. The largest absolute Gasteiger partial charge is 0.294 e. The fraction of sp³-hybridized carbons (Fsp3) is 0.875. The molecule has 0 spiro atoms. The van der Waals surface area contributed by atoms with Crippen molar-refractivity contribution in [3.05, 3.63) is 0 Å². The van der Waals surface area contributed by atoms with Gasteiger partial charge < -0.3 is 0 Å². The molecular weight excluding hydrogens is 138 g/mol. The van der Waals surface area contributed by atoms with Gasteiger partial charge >= 0.3 is 0 Å². The molecule has 3 heteroatoms. The van der Waals surface area contributed by atoms with E-state index in [1.54, 1.807) is 5.01 Å². The minimum Gasteiger partial charge on any atom is -0.294 e. The molecule has 0 aliphatic heterocycles. The molecule has 0 radical (unpaired) electrons. The minimum absolute atomic E-state index is 0.388. The number of rotatable bonds is 4. The van der Waals surface area contributed by atoms with Crippen LogP contribution >= 0.6 is 0 Å². The molecule has 0 aromatic heterocycles. The van der Waals surface area contributed by atoms with Crippen LogP contribution in [0.25, 0.3) is 0 Å². The van der Waals surface area contributed by atoms with Crippen molar-refractivity contribution in [2.75, 3.05) is 14.1 Å². The lowest BCUT2D eigenvalue weighted by Crippen LogP contribution is -2.02. The predicted molar refractivity (Wildman–Crippen MR) is 47.9 cm³/mol. The van der Waals surface area contributed by atoms with E-state index in [2.05, 4.69) is 29.9 Å². The molecule has 0 atom stereocenters. The summed E-state index contributed by atoms with van der Waals surface area (Å²) in [6.45, 7) is 4.24. The second kappa shape index (κ2) is 5.93. The van der Waals surface area contributed by atoms with Crippen LogP contribution in [0.5, 0.6) is 0 Å². The van der Waals surface area contributed by atoms with Crippen LogP contribution in [0.1, 0.15) is 26.7 Å². The normalized spacial score (nSPS) is 9.18. The van der Waals surface area contributed by atoms with E-state index in [-0.39, 0.29) is 0 Å². The van der Waals surface area contributed by atoms with Crippen LogP contribution in [0, 0.1) is 0 Å². The molecule has 0 aromatic rings. The zero-order valence-corrected chi connectivity index (χ0v) is 7.83. The Balaban J connectivity index is 3.87. The van der Waals surface area contributed by atoms with Gasteiger partial charge in [0.1, 0.15) is 6.01 Å². The third kappa shape index (κ3) is 5.62. The van der Waals surface area contributed by atoms with Crippen LogP contribution in [0.3, 0.4) is 0 Å². The van der Waals surface area contributed by atoms with E-state index < -0.39 is 0 Å². The van der Waals surface area contributed by atoms with E-state index in [4.69, 9.17) is 0 Å². The second-order valence-corrected chi connectivity index (χ2v) is 2.65. The van der Waals surface area contributed by atoms with E-state index >= 15 is 0 Å². The predicted octanol–water partition coefficient (Wildman–Crippen LogP) is 1.83. The van der Waals surface area contributed by atoms with Crippen LogP contribution in [0.4, 0.5) is 0 Å². The number of hydrogen-bond acceptors (Lipinski definition) is 3. The van der Waals surface area contributed by atoms with Crippen molar-refractivity contribution in [3.8, 4) is 0 Å². The monoisotopic (exact) mass is 155 g/mol. The van der Waals surface area contributed by atoms with Crippen LogP contribution in [0.15, 0.2) is 10.1 Å². The SMILES string of the molecule is CCC(CC)N=C=NN(C)C. The quantitative estimate of drug-likeness (QED) is 0.449. The molecule has 0 bridgehead atoms. The lowest BCUT2D eigenvalue weighted by molar-refractivity contribution is 0.440. The van der Waals surface area contributed by atoms with Gasteiger partial charge in [-0.25, -0.2) is 4.99 Å². The van der Waals surface area contributed by atoms with Crippen molar-refractivity contribution >= 4 is 6.01 Å². The zero-order chi connectivity index (χ0) is 8.69. The maximum absolute atomic E-state index is 4.14. The third-order valence-corrected chi connectivity index (χ3v) is 1.43. The topological polar surface area (TPSA) is 28.0 Å². The lowest BCUT2D eigenvalue weighted by atomic mass is 10.2. The van der Waals surface area contributed by atoms with E-state index in [9.17, 15) is 0 Å². The minimum atomic E-state index is 0.388. The van der Waals surface area contributed by atoms with Crippen molar-refractivity contribution in [3.63, 3.8) is 0 Å². The molecule has 0 rings (SSSR count). The van der Waals surface area contributed by atoms with Gasteiger partial charge in [0, 0.05) is 14.1 Å². The smallest absolute Gasteiger partial charge is 0.115 e. The van der Waals surface area contributed by atoms with Gasteiger partial charge in [0.05, 0.1) is 6.04 Å². The number of hydrogen-bond donors (Lipinski definition) is 0. The maximum atomic E-state index is 4.14. The Morgan fingerprint density at radius 1 is 1.27 bits per heavy atom. The van der Waals surface area contributed by atoms with Gasteiger partial charge in [0.25, 0.3) is 0 Å². The van der Waals surface area contributed by atoms with Gasteiger partial charge in [-0.15, -0.1) is 5.10 Å². The van der Waals surface area contributed by atoms with E-state index in [1.165, 1.54) is 0 Å². The Kier molecular flexibility index (Phi) is 5.49. The molecule has 0 saturated heterocycles. The number of aliphatic imine (C=N–C) groups is 1. The van der Waals surface area contributed by atoms with Gasteiger partial charge in [0.15, 0.2) is 0 Å². The average molecular weight is 155 g/mol. The van der Waals surface area contributed by atoms with Crippen molar-refractivity contribution in [1.29, 1.82) is 0 Å². The zero-order valence-electron chi connectivity index (χ0n) is 7.83. The van der Waals surface area contributed by atoms with Crippen molar-refractivity contribution in [2.24, 2.45) is 10.1 Å². The van der Waals surface area contributed by atoms with E-state index in [0.29, 0.717) is 6.04 Å². The first-order valence-electron chi connectivity index (χ1n) is 4.03. The fourth-order valence-electron chi connectivity index (χ4n) is 0.668. The summed E-state index contributed by atoms with van der Waals surface area (Å²) in [7, 11) is 3.71. The molecule has 11 heavy (non-hydrogen) atoms. The highest BCUT2D eigenvalue weighted by molar-refractivity contribution is 5.40. The maximum Gasteiger partial charge on any atom is 0.115 e. The van der Waals surface area contributed by atoms with Crippen LogP contribution in [0.2, 0.25) is 0 Å². The Morgan fingerprint density at radius 2 is 1.82 bits per heavy atom. The second-order valence-electron chi connectivity index (χ2n) is 2.65. The van der Waals surface area contributed by atoms with Gasteiger partial charge in [-0.3, -0.25) is 5.01 Å². The summed E-state index contributed by atoms with van der Waals surface area (Å²) >= 11 is 0. The molecule has 0 unspecified atom stereocenters. The van der Waals surface area contributed by atoms with Crippen LogP contribution in [-0.2, 0) is 0 Å². The standard InChI is InChI=1S/C8H17N3/c1-5-8(6-2)9-7-10-11(3)4/h8H,5-6H2,1-4H3. The van der Waals surface area contributed by atoms with Crippen molar-refractivity contribution < 1.29 is 0 Å². The van der Waals surface area contributed by atoms with Crippen LogP contribution in [-0.4, -0.2) is 31.2 Å². The first-order valence-corrected chi connectivity index (χ1v) is 4.03. The molecule has 0 aromatic carbocycles. The number of hydrazone groups is 1. The van der Waals surface area contributed by atoms with Crippen LogP contribution < -0.4 is 0 Å². The van der Waals surface area contributed by atoms with Gasteiger partial charge in [-0.05, 0) is 12.8 Å². The molecular formula is C8H17N3. The first kappa shape index (κ1) is 10.2. The molecule has 0 heterocycles. The molecule has 3 nitrogen and oxygen atoms in total. The van der Waals surface area contributed by atoms with Crippen molar-refractivity contribution in [2.45, 2.75) is 32.7 Å². The Morgan fingerprint density at radius 3 is 2.18 bits per heavy atom. The fourth-order valence-corrected chi connectivity index (χ4v) is 0.668. The molecule has 0 amide bonds. The highest BCUT2D eigenvalue weighted by Gasteiger charge is 1.96. The van der Waals surface area contributed by atoms with Gasteiger partial charge in [-0.2, -0.15) is 0 Å². The first-order chi connectivity index (χ1) is 5.20. The number of nitrogens with zero attached hydrogens (tertiary/aromatic N) is 3. The summed E-state index contributed by atoms with van der Waals surface area (Å²) in [4.78, 5) is 4.14. The summed E-state index contributed by atoms with van der Waals surface area (Å²) in [5.41, 5.74) is 0. The summed E-state index contributed by atoms with van der Waals surface area (Å²) < 4.78 is 0. The Labute approximate surface area is 68.8 Å². The summed E-state index contributed by atoms with van der Waals surface area (Å²) in [6.07, 6.45) is 2.12. The van der Waals surface area contributed by atoms with E-state index in [0.717, 1.165) is 12.8 Å². The Bertz CT molecular complexity index is 141. The van der Waals surface area contributed by atoms with Crippen molar-refractivity contribution in [1.82, 2.24) is 5.01 Å². The third-order valence-electron chi connectivity index (χ3n) is 1.43. The average Bonchev–Trinajstić information content (AvgIpc) is 1.98. The highest BCUT2D eigenvalue weighted by atomic mass is 15.4. The highest BCUT2D eigenvalue weighted by Crippen LogP contribution is 1.99. The lowest BCUT2D eigenvalue weighted by Gasteiger charge is -2.02. The molecule has 0 N–H and O–H groups in total. The van der Waals surface area contributed by atoms with Gasteiger partial charge in [-0.1, -0.05) is 13.8 Å². The molecule has 0 aliphatic rings. The molecule has 0 saturated carbocycles. The van der Waals surface area contributed by atoms with Gasteiger partial charge in [0.2, 0.25) is 0 Å². The van der Waals surface area contributed by atoms with E-state index in [1.807, 2.05) is 14.1 Å². The summed E-state index contributed by atoms with van der Waals surface area (Å²) in [5, 5.41) is 5.56.